The van der Waals surface area contributed by atoms with Crippen LogP contribution in [0.3, 0.4) is 0 Å². The highest BCUT2D eigenvalue weighted by Crippen LogP contribution is 2.28. The maximum atomic E-state index is 13.2. The number of carbonyl (C=O) groups is 1. The zero-order chi connectivity index (χ0) is 22.5. The molecule has 1 saturated heterocycles. The fourth-order valence-electron chi connectivity index (χ4n) is 3.92. The molecule has 1 aliphatic rings. The molecule has 0 radical (unpaired) electrons. The molecule has 0 aliphatic carbocycles. The summed E-state index contributed by atoms with van der Waals surface area (Å²) < 4.78 is 5.75. The van der Waals surface area contributed by atoms with E-state index in [1.165, 1.54) is 6.42 Å². The number of rotatable bonds is 7. The standard InChI is InChI=1S/C24H30N6O2/c1-4-32-19-13-12-17-10-6-7-11-18(17)21(19)22(31)25-16-20-26-23(29(2)3)28-24(27-20)30-14-8-5-9-15-30/h6-7,10-13H,4-5,8-9,14-16H2,1-3H3,(H,25,31). The molecule has 2 aromatic carbocycles. The Hall–Kier alpha value is -3.42. The molecule has 1 aliphatic heterocycles. The predicted molar refractivity (Wildman–Crippen MR) is 127 cm³/mol. The fourth-order valence-corrected chi connectivity index (χ4v) is 3.92. The topological polar surface area (TPSA) is 83.5 Å². The van der Waals surface area contributed by atoms with Crippen molar-refractivity contribution in [1.82, 2.24) is 20.3 Å². The fraction of sp³-hybridized carbons (Fsp3) is 0.417. The lowest BCUT2D eigenvalue weighted by Gasteiger charge is -2.27. The lowest BCUT2D eigenvalue weighted by molar-refractivity contribution is 0.0948. The van der Waals surface area contributed by atoms with Crippen LogP contribution in [0.1, 0.15) is 42.4 Å². The predicted octanol–water partition coefficient (Wildman–Crippen LogP) is 3.41. The van der Waals surface area contributed by atoms with Gasteiger partial charge in [0.15, 0.2) is 5.82 Å². The molecule has 3 aromatic rings. The van der Waals surface area contributed by atoms with Crippen LogP contribution in [0.5, 0.6) is 5.75 Å². The van der Waals surface area contributed by atoms with Gasteiger partial charge in [-0.05, 0) is 43.0 Å². The highest BCUT2D eigenvalue weighted by molar-refractivity contribution is 6.09. The number of carbonyl (C=O) groups excluding carboxylic acids is 1. The van der Waals surface area contributed by atoms with Gasteiger partial charge in [0.2, 0.25) is 11.9 Å². The first-order valence-corrected chi connectivity index (χ1v) is 11.2. The van der Waals surface area contributed by atoms with Crippen molar-refractivity contribution in [2.24, 2.45) is 0 Å². The summed E-state index contributed by atoms with van der Waals surface area (Å²) in [6, 6.07) is 11.6. The lowest BCUT2D eigenvalue weighted by Crippen LogP contribution is -2.33. The van der Waals surface area contributed by atoms with Crippen LogP contribution in [-0.4, -0.2) is 54.7 Å². The second-order valence-electron chi connectivity index (χ2n) is 8.07. The maximum absolute atomic E-state index is 13.2. The third kappa shape index (κ3) is 4.74. The van der Waals surface area contributed by atoms with E-state index in [2.05, 4.69) is 25.2 Å². The van der Waals surface area contributed by atoms with Gasteiger partial charge in [-0.15, -0.1) is 0 Å². The Morgan fingerprint density at radius 3 is 2.59 bits per heavy atom. The normalized spacial score (nSPS) is 13.8. The van der Waals surface area contributed by atoms with Crippen molar-refractivity contribution in [3.8, 4) is 5.75 Å². The third-order valence-electron chi connectivity index (χ3n) is 5.52. The quantitative estimate of drug-likeness (QED) is 0.610. The van der Waals surface area contributed by atoms with Crippen molar-refractivity contribution < 1.29 is 9.53 Å². The minimum absolute atomic E-state index is 0.206. The van der Waals surface area contributed by atoms with Gasteiger partial charge < -0.3 is 19.9 Å². The molecule has 0 atom stereocenters. The van der Waals surface area contributed by atoms with Crippen LogP contribution in [0, 0.1) is 0 Å². The molecule has 1 aromatic heterocycles. The summed E-state index contributed by atoms with van der Waals surface area (Å²) in [5.41, 5.74) is 0.531. The van der Waals surface area contributed by atoms with E-state index in [4.69, 9.17) is 4.74 Å². The van der Waals surface area contributed by atoms with Gasteiger partial charge in [0, 0.05) is 27.2 Å². The molecule has 0 bridgehead atoms. The van der Waals surface area contributed by atoms with E-state index in [-0.39, 0.29) is 12.5 Å². The molecule has 2 heterocycles. The summed E-state index contributed by atoms with van der Waals surface area (Å²) >= 11 is 0. The van der Waals surface area contributed by atoms with Crippen LogP contribution in [0.15, 0.2) is 36.4 Å². The van der Waals surface area contributed by atoms with Crippen LogP contribution >= 0.6 is 0 Å². The summed E-state index contributed by atoms with van der Waals surface area (Å²) in [5, 5.41) is 4.84. The summed E-state index contributed by atoms with van der Waals surface area (Å²) in [6.07, 6.45) is 3.50. The molecule has 1 fully saturated rings. The summed E-state index contributed by atoms with van der Waals surface area (Å²) in [5.74, 6) is 2.16. The Kier molecular flexibility index (Phi) is 6.68. The number of nitrogens with one attached hydrogen (secondary N) is 1. The van der Waals surface area contributed by atoms with Gasteiger partial charge >= 0.3 is 0 Å². The van der Waals surface area contributed by atoms with Crippen molar-refractivity contribution in [1.29, 1.82) is 0 Å². The van der Waals surface area contributed by atoms with Crippen LogP contribution in [0.4, 0.5) is 11.9 Å². The molecule has 8 nitrogen and oxygen atoms in total. The van der Waals surface area contributed by atoms with Crippen LogP contribution < -0.4 is 19.9 Å². The van der Waals surface area contributed by atoms with E-state index in [1.807, 2.05) is 62.3 Å². The molecule has 1 N–H and O–H groups in total. The number of hydrogen-bond donors (Lipinski definition) is 1. The van der Waals surface area contributed by atoms with E-state index in [9.17, 15) is 4.79 Å². The van der Waals surface area contributed by atoms with Crippen molar-refractivity contribution in [3.05, 3.63) is 47.8 Å². The van der Waals surface area contributed by atoms with Crippen molar-refractivity contribution >= 4 is 28.6 Å². The number of benzene rings is 2. The van der Waals surface area contributed by atoms with E-state index >= 15 is 0 Å². The van der Waals surface area contributed by atoms with E-state index in [0.29, 0.717) is 35.6 Å². The monoisotopic (exact) mass is 434 g/mol. The van der Waals surface area contributed by atoms with E-state index in [0.717, 1.165) is 36.7 Å². The minimum Gasteiger partial charge on any atom is -0.493 e. The SMILES string of the molecule is CCOc1ccc2ccccc2c1C(=O)NCc1nc(N(C)C)nc(N2CCCCC2)n1. The molecule has 0 spiro atoms. The zero-order valence-corrected chi connectivity index (χ0v) is 19.0. The molecule has 168 valence electrons. The van der Waals surface area contributed by atoms with Gasteiger partial charge in [-0.25, -0.2) is 0 Å². The number of aromatic nitrogens is 3. The Labute approximate surface area is 188 Å². The number of ether oxygens (including phenoxy) is 1. The number of piperidine rings is 1. The van der Waals surface area contributed by atoms with E-state index in [1.54, 1.807) is 0 Å². The Morgan fingerprint density at radius 2 is 1.84 bits per heavy atom. The number of anilines is 2. The summed E-state index contributed by atoms with van der Waals surface area (Å²) in [7, 11) is 3.81. The molecule has 1 amide bonds. The Morgan fingerprint density at radius 1 is 1.06 bits per heavy atom. The van der Waals surface area contributed by atoms with Gasteiger partial charge in [0.05, 0.1) is 18.7 Å². The first kappa shape index (κ1) is 21.8. The molecule has 32 heavy (non-hydrogen) atoms. The van der Waals surface area contributed by atoms with Gasteiger partial charge in [-0.3, -0.25) is 4.79 Å². The maximum Gasteiger partial charge on any atom is 0.256 e. The Balaban J connectivity index is 1.60. The molecular weight excluding hydrogens is 404 g/mol. The molecule has 0 unspecified atom stereocenters. The zero-order valence-electron chi connectivity index (χ0n) is 19.0. The number of nitrogens with zero attached hydrogens (tertiary/aromatic N) is 5. The van der Waals surface area contributed by atoms with Crippen LogP contribution in [0.2, 0.25) is 0 Å². The Bertz CT molecular complexity index is 1100. The number of fused-ring (bicyclic) bond motifs is 1. The molecule has 4 rings (SSSR count). The van der Waals surface area contributed by atoms with Gasteiger partial charge in [-0.2, -0.15) is 15.0 Å². The van der Waals surface area contributed by atoms with Gasteiger partial charge in [0.1, 0.15) is 5.75 Å². The van der Waals surface area contributed by atoms with Crippen LogP contribution in [0.25, 0.3) is 10.8 Å². The van der Waals surface area contributed by atoms with Crippen molar-refractivity contribution in [2.75, 3.05) is 43.6 Å². The number of hydrogen-bond acceptors (Lipinski definition) is 7. The summed E-state index contributed by atoms with van der Waals surface area (Å²) in [6.45, 7) is 4.48. The average molecular weight is 435 g/mol. The van der Waals surface area contributed by atoms with E-state index < -0.39 is 0 Å². The van der Waals surface area contributed by atoms with Crippen molar-refractivity contribution in [2.45, 2.75) is 32.7 Å². The largest absolute Gasteiger partial charge is 0.493 e. The average Bonchev–Trinajstić information content (AvgIpc) is 2.83. The second kappa shape index (κ2) is 9.80. The molecule has 8 heteroatoms. The minimum atomic E-state index is -0.211. The third-order valence-corrected chi connectivity index (χ3v) is 5.52. The van der Waals surface area contributed by atoms with Crippen molar-refractivity contribution in [3.63, 3.8) is 0 Å². The summed E-state index contributed by atoms with van der Waals surface area (Å²) in [4.78, 5) is 31.1. The second-order valence-corrected chi connectivity index (χ2v) is 8.07. The smallest absolute Gasteiger partial charge is 0.256 e. The first-order chi connectivity index (χ1) is 15.6. The first-order valence-electron chi connectivity index (χ1n) is 11.2. The van der Waals surface area contributed by atoms with Gasteiger partial charge in [-0.1, -0.05) is 30.3 Å². The number of amides is 1. The van der Waals surface area contributed by atoms with Gasteiger partial charge in [0.25, 0.3) is 5.91 Å². The van der Waals surface area contributed by atoms with Crippen LogP contribution in [-0.2, 0) is 6.54 Å². The highest BCUT2D eigenvalue weighted by atomic mass is 16.5. The highest BCUT2D eigenvalue weighted by Gasteiger charge is 2.19. The molecular formula is C24H30N6O2. The lowest BCUT2D eigenvalue weighted by atomic mass is 10.0. The molecule has 0 saturated carbocycles.